The standard InChI is InChI=1S/C22H18Cl2FN5O2.C21H16Cl2FN5O2.C20H14Cl2FN5O2/c1-30(2)20(26)12-3-6-15(17(25)9-12)21(31)28-18-7-4-13(23)10-16(18)22(32)29-19-8-5-14(24)11-27-19;1-26-19(25)11-2-5-14(16(24)8-11)20(30)28-17-6-3-12(22)9-15(17)21(31)29-18-7-4-13(23)10-27-18;21-11-2-5-16(14(8-11)20(30)28-17-6-3-12(22)9-26-17)27-19(29)13-4-1-10(18(24)25)7-15(13)23/h3-11,26H,1-2H3,(H,28,31)(H,27,29,32);2-10H,1H3,(H2,25,26)(H,28,30)(H,27,29,31);1-9H,(H3,24,25)(H,27,29)(H,26,28,30). The van der Waals surface area contributed by atoms with Crippen molar-refractivity contribution < 1.29 is 41.9 Å². The molecule has 0 bridgehead atoms. The summed E-state index contributed by atoms with van der Waals surface area (Å²) >= 11 is 35.4. The lowest BCUT2D eigenvalue weighted by molar-refractivity contribution is 0.100. The van der Waals surface area contributed by atoms with E-state index in [2.05, 4.69) is 51.8 Å². The van der Waals surface area contributed by atoms with Gasteiger partial charge in [-0.1, -0.05) is 87.8 Å². The minimum Gasteiger partial charge on any atom is -0.384 e. The number of nitrogens with zero attached hydrogens (tertiary/aromatic N) is 5. The molecule has 6 amide bonds. The van der Waals surface area contributed by atoms with Crippen LogP contribution < -0.4 is 43.4 Å². The monoisotopic (exact) mass is 1380 g/mol. The van der Waals surface area contributed by atoms with Gasteiger partial charge < -0.3 is 48.3 Å². The van der Waals surface area contributed by atoms with E-state index in [0.717, 1.165) is 18.2 Å². The van der Waals surface area contributed by atoms with Gasteiger partial charge in [-0.05, 0) is 127 Å². The number of pyridine rings is 3. The van der Waals surface area contributed by atoms with Crippen LogP contribution in [-0.2, 0) is 0 Å². The van der Waals surface area contributed by atoms with E-state index in [9.17, 15) is 41.9 Å². The number of nitrogens with two attached hydrogens (primary N) is 2. The molecule has 0 saturated heterocycles. The first-order valence-electron chi connectivity index (χ1n) is 26.5. The van der Waals surface area contributed by atoms with Gasteiger partial charge in [-0.2, -0.15) is 0 Å². The number of anilines is 6. The van der Waals surface area contributed by atoms with Gasteiger partial charge in [-0.25, -0.2) is 28.1 Å². The second kappa shape index (κ2) is 32.0. The number of nitrogens with one attached hydrogen (secondary N) is 8. The van der Waals surface area contributed by atoms with Crippen molar-refractivity contribution in [1.29, 1.82) is 10.8 Å². The van der Waals surface area contributed by atoms with Crippen LogP contribution in [0.25, 0.3) is 0 Å². The molecule has 0 aliphatic rings. The number of amides is 6. The van der Waals surface area contributed by atoms with Crippen LogP contribution in [0.1, 0.15) is 78.8 Å². The quantitative estimate of drug-likeness (QED) is 0.0338. The summed E-state index contributed by atoms with van der Waals surface area (Å²) in [7, 11) is 4.79. The minimum atomic E-state index is -0.856. The Morgan fingerprint density at radius 1 is 0.398 bits per heavy atom. The zero-order chi connectivity index (χ0) is 67.8. The van der Waals surface area contributed by atoms with Crippen molar-refractivity contribution in [3.05, 3.63) is 262 Å². The predicted molar refractivity (Wildman–Crippen MR) is 357 cm³/mol. The number of carbonyl (C=O) groups is 6. The van der Waals surface area contributed by atoms with E-state index in [1.807, 2.05) is 0 Å². The number of carbonyl (C=O) groups excluding carboxylic acids is 6. The van der Waals surface area contributed by atoms with Crippen LogP contribution in [0, 0.1) is 28.3 Å². The van der Waals surface area contributed by atoms with Gasteiger partial charge in [0.1, 0.15) is 52.4 Å². The van der Waals surface area contributed by atoms with E-state index < -0.39 is 52.9 Å². The first-order chi connectivity index (χ1) is 44.2. The van der Waals surface area contributed by atoms with E-state index in [0.29, 0.717) is 26.2 Å². The highest BCUT2D eigenvalue weighted by molar-refractivity contribution is 6.33. The fourth-order valence-electron chi connectivity index (χ4n) is 7.87. The van der Waals surface area contributed by atoms with Crippen molar-refractivity contribution >= 4 is 157 Å². The zero-order valence-corrected chi connectivity index (χ0v) is 52.9. The molecule has 93 heavy (non-hydrogen) atoms. The number of halogens is 9. The van der Waals surface area contributed by atoms with Crippen LogP contribution in [-0.4, -0.2) is 93.9 Å². The van der Waals surface area contributed by atoms with Crippen LogP contribution in [0.5, 0.6) is 0 Å². The van der Waals surface area contributed by atoms with Crippen LogP contribution in [0.4, 0.5) is 47.7 Å². The maximum Gasteiger partial charge on any atom is 0.258 e. The van der Waals surface area contributed by atoms with Gasteiger partial charge >= 0.3 is 0 Å². The first kappa shape index (κ1) is 70.0. The Kier molecular flexibility index (Phi) is 24.1. The molecule has 9 rings (SSSR count). The third-order valence-corrected chi connectivity index (χ3v) is 13.9. The van der Waals surface area contributed by atoms with Crippen LogP contribution in [0.3, 0.4) is 0 Å². The maximum atomic E-state index is 14.6. The molecule has 0 atom stereocenters. The third-order valence-electron chi connectivity index (χ3n) is 12.5. The third kappa shape index (κ3) is 19.3. The molecular weight excluding hydrogens is 1330 g/mol. The van der Waals surface area contributed by atoms with Crippen molar-refractivity contribution in [2.75, 3.05) is 53.0 Å². The molecule has 30 heteroatoms. The molecule has 0 radical (unpaired) electrons. The molecule has 3 aromatic heterocycles. The zero-order valence-electron chi connectivity index (χ0n) is 48.3. The summed E-state index contributed by atoms with van der Waals surface area (Å²) in [4.78, 5) is 93.3. The van der Waals surface area contributed by atoms with Crippen molar-refractivity contribution in [2.24, 2.45) is 16.5 Å². The molecule has 0 spiro atoms. The molecule has 3 heterocycles. The SMILES string of the molecule is CN(C)C(=N)c1ccc(C(=O)Nc2ccc(Cl)cc2C(=O)Nc2ccc(Cl)cn2)c(F)c1.CN=C(N)c1ccc(C(=O)Nc2ccc(Cl)cc2C(=O)Nc2ccc(Cl)cn2)c(F)c1.N=C(N)c1ccc(C(=O)Nc2ccc(Cl)cc2C(=O)Nc2ccc(Cl)cn2)c(F)c1. The normalized spacial score (nSPS) is 10.6. The second-order valence-electron chi connectivity index (χ2n) is 19.2. The van der Waals surface area contributed by atoms with Crippen LogP contribution >= 0.6 is 69.6 Å². The van der Waals surface area contributed by atoms with Crippen molar-refractivity contribution in [3.8, 4) is 0 Å². The number of nitrogen functional groups attached to an aromatic ring is 1. The fourth-order valence-corrected chi connectivity index (χ4v) is 8.72. The summed E-state index contributed by atoms with van der Waals surface area (Å²) in [6.45, 7) is 0. The van der Waals surface area contributed by atoms with Gasteiger partial charge in [0.25, 0.3) is 35.4 Å². The number of hydrogen-bond donors (Lipinski definition) is 10. The van der Waals surface area contributed by atoms with Gasteiger partial charge in [-0.15, -0.1) is 0 Å². The summed E-state index contributed by atoms with van der Waals surface area (Å²) in [6.07, 6.45) is 4.12. The highest BCUT2D eigenvalue weighted by Gasteiger charge is 2.23. The number of aromatic nitrogens is 3. The number of benzene rings is 6. The van der Waals surface area contributed by atoms with E-state index in [1.54, 1.807) is 32.3 Å². The number of aliphatic imine (C=N–C) groups is 1. The van der Waals surface area contributed by atoms with Crippen molar-refractivity contribution in [2.45, 2.75) is 0 Å². The highest BCUT2D eigenvalue weighted by Crippen LogP contribution is 2.28. The Labute approximate surface area is 557 Å². The molecule has 0 aliphatic heterocycles. The Balaban J connectivity index is 0.000000198. The summed E-state index contributed by atoms with van der Waals surface area (Å²) in [5, 5.41) is 32.6. The minimum absolute atomic E-state index is 0.0494. The average molecular weight is 1380 g/mol. The molecule has 9 aromatic rings. The van der Waals surface area contributed by atoms with E-state index >= 15 is 0 Å². The molecule has 21 nitrogen and oxygen atoms in total. The lowest BCUT2D eigenvalue weighted by Gasteiger charge is -2.15. The topological polar surface area (TPSA) is 329 Å². The van der Waals surface area contributed by atoms with Gasteiger partial charge in [0, 0.05) is 71.5 Å². The van der Waals surface area contributed by atoms with E-state index in [1.165, 1.54) is 140 Å². The number of hydrogen-bond acceptors (Lipinski definition) is 12. The summed E-state index contributed by atoms with van der Waals surface area (Å²) < 4.78 is 43.3. The van der Waals surface area contributed by atoms with Crippen molar-refractivity contribution in [1.82, 2.24) is 19.9 Å². The van der Waals surface area contributed by atoms with Crippen LogP contribution in [0.2, 0.25) is 30.1 Å². The summed E-state index contributed by atoms with van der Waals surface area (Å²) in [5.74, 6) is -5.81. The van der Waals surface area contributed by atoms with E-state index in [4.69, 9.17) is 91.9 Å². The van der Waals surface area contributed by atoms with Crippen LogP contribution in [0.15, 0.2) is 169 Å². The van der Waals surface area contributed by atoms with Crippen molar-refractivity contribution in [3.63, 3.8) is 0 Å². The Morgan fingerprint density at radius 3 is 0.978 bits per heavy atom. The summed E-state index contributed by atoms with van der Waals surface area (Å²) in [5.41, 5.74) is 11.6. The highest BCUT2D eigenvalue weighted by atomic mass is 35.5. The molecule has 12 N–H and O–H groups in total. The molecular formula is C63H48Cl6F3N15O6. The van der Waals surface area contributed by atoms with Gasteiger partial charge in [0.15, 0.2) is 0 Å². The van der Waals surface area contributed by atoms with E-state index in [-0.39, 0.29) is 106 Å². The average Bonchev–Trinajstić information content (AvgIpc) is 0.934. The lowest BCUT2D eigenvalue weighted by Crippen LogP contribution is -2.23. The number of amidine groups is 3. The molecule has 0 unspecified atom stereocenters. The Morgan fingerprint density at radius 2 is 0.688 bits per heavy atom. The van der Waals surface area contributed by atoms with Gasteiger partial charge in [0.05, 0.1) is 65.5 Å². The predicted octanol–water partition coefficient (Wildman–Crippen LogP) is 13.6. The largest absolute Gasteiger partial charge is 0.384 e. The number of rotatable bonds is 15. The summed E-state index contributed by atoms with van der Waals surface area (Å²) in [6, 6.07) is 33.4. The molecule has 0 fully saturated rings. The Hall–Kier alpha value is -10.5. The molecule has 6 aromatic carbocycles. The Bertz CT molecular complexity index is 4420. The van der Waals surface area contributed by atoms with Gasteiger partial charge in [-0.3, -0.25) is 44.6 Å². The molecule has 0 aliphatic carbocycles. The smallest absolute Gasteiger partial charge is 0.258 e. The second-order valence-corrected chi connectivity index (χ2v) is 21.8. The first-order valence-corrected chi connectivity index (χ1v) is 28.8. The maximum absolute atomic E-state index is 14.6. The molecule has 0 saturated carbocycles. The lowest BCUT2D eigenvalue weighted by atomic mass is 10.1. The fraction of sp³-hybridized carbons (Fsp3) is 0.0476. The molecule has 474 valence electrons. The van der Waals surface area contributed by atoms with Gasteiger partial charge in [0.2, 0.25) is 0 Å².